The second kappa shape index (κ2) is 3.14. The minimum absolute atomic E-state index is 0.118. The van der Waals surface area contributed by atoms with E-state index in [2.05, 4.69) is 0 Å². The molecule has 0 atom stereocenters. The van der Waals surface area contributed by atoms with Gasteiger partial charge in [-0.15, -0.1) is 0 Å². The van der Waals surface area contributed by atoms with Gasteiger partial charge in [0.05, 0.1) is 10.9 Å². The second-order valence-corrected chi connectivity index (χ2v) is 4.10. The van der Waals surface area contributed by atoms with Crippen molar-refractivity contribution in [1.82, 2.24) is 4.57 Å². The lowest BCUT2D eigenvalue weighted by Crippen LogP contribution is -2.09. The van der Waals surface area contributed by atoms with Crippen molar-refractivity contribution >= 4 is 10.9 Å². The quantitative estimate of drug-likeness (QED) is 0.725. The molecule has 1 aromatic heterocycles. The molecule has 4 heteroatoms. The fourth-order valence-electron chi connectivity index (χ4n) is 1.99. The maximum atomic E-state index is 13.7. The van der Waals surface area contributed by atoms with Crippen molar-refractivity contribution in [2.24, 2.45) is 0 Å². The molecular formula is C12H9F2NO. The van der Waals surface area contributed by atoms with Crippen LogP contribution >= 0.6 is 0 Å². The van der Waals surface area contributed by atoms with Crippen molar-refractivity contribution < 1.29 is 8.78 Å². The molecule has 3 rings (SSSR count). The van der Waals surface area contributed by atoms with Crippen LogP contribution < -0.4 is 5.43 Å². The minimum Gasteiger partial charge on any atom is -0.342 e. The van der Waals surface area contributed by atoms with E-state index in [9.17, 15) is 13.6 Å². The van der Waals surface area contributed by atoms with Gasteiger partial charge in [-0.3, -0.25) is 4.79 Å². The summed E-state index contributed by atoms with van der Waals surface area (Å²) in [7, 11) is 0. The van der Waals surface area contributed by atoms with Gasteiger partial charge < -0.3 is 4.57 Å². The molecule has 0 amide bonds. The van der Waals surface area contributed by atoms with E-state index in [1.165, 1.54) is 6.07 Å². The molecule has 0 radical (unpaired) electrons. The average molecular weight is 221 g/mol. The van der Waals surface area contributed by atoms with Crippen LogP contribution in [0.2, 0.25) is 0 Å². The van der Waals surface area contributed by atoms with Crippen LogP contribution in [0.15, 0.2) is 29.2 Å². The average Bonchev–Trinajstić information content (AvgIpc) is 3.03. The zero-order valence-corrected chi connectivity index (χ0v) is 8.41. The predicted octanol–water partition coefficient (Wildman–Crippen LogP) is 2.61. The highest BCUT2D eigenvalue weighted by Crippen LogP contribution is 2.37. The van der Waals surface area contributed by atoms with Gasteiger partial charge in [-0.1, -0.05) is 0 Å². The molecule has 2 aromatic rings. The van der Waals surface area contributed by atoms with Gasteiger partial charge in [-0.25, -0.2) is 8.78 Å². The molecule has 1 aliphatic rings. The van der Waals surface area contributed by atoms with Crippen molar-refractivity contribution in [3.8, 4) is 0 Å². The van der Waals surface area contributed by atoms with Gasteiger partial charge in [0.15, 0.2) is 11.2 Å². The molecule has 0 bridgehead atoms. The molecule has 16 heavy (non-hydrogen) atoms. The van der Waals surface area contributed by atoms with E-state index in [0.29, 0.717) is 0 Å². The van der Waals surface area contributed by atoms with E-state index in [0.717, 1.165) is 25.0 Å². The Bertz CT molecular complexity index is 629. The Balaban J connectivity index is 2.46. The summed E-state index contributed by atoms with van der Waals surface area (Å²) in [6.07, 6.45) is 3.55. The number of fused-ring (bicyclic) bond motifs is 1. The van der Waals surface area contributed by atoms with Crippen LogP contribution in [0.5, 0.6) is 0 Å². The van der Waals surface area contributed by atoms with E-state index in [-0.39, 0.29) is 22.4 Å². The van der Waals surface area contributed by atoms with E-state index in [1.54, 1.807) is 10.8 Å². The Morgan fingerprint density at radius 2 is 2.00 bits per heavy atom. The van der Waals surface area contributed by atoms with Crippen molar-refractivity contribution in [2.75, 3.05) is 0 Å². The monoisotopic (exact) mass is 221 g/mol. The van der Waals surface area contributed by atoms with Crippen molar-refractivity contribution in [3.05, 3.63) is 46.3 Å². The molecule has 0 saturated heterocycles. The standard InChI is InChI=1S/C12H9F2NO/c13-7-5-9-11(16)3-4-15(8-1-2-8)12(9)10(14)6-7/h3-6,8H,1-2H2. The lowest BCUT2D eigenvalue weighted by Gasteiger charge is -2.09. The molecule has 1 aromatic carbocycles. The fraction of sp³-hybridized carbons (Fsp3) is 0.250. The summed E-state index contributed by atoms with van der Waals surface area (Å²) in [5, 5.41) is 0.118. The summed E-state index contributed by atoms with van der Waals surface area (Å²) in [6, 6.07) is 3.53. The van der Waals surface area contributed by atoms with Gasteiger partial charge >= 0.3 is 0 Å². The summed E-state index contributed by atoms with van der Waals surface area (Å²) in [5.74, 6) is -1.38. The Morgan fingerprint density at radius 3 is 2.69 bits per heavy atom. The topological polar surface area (TPSA) is 22.0 Å². The summed E-state index contributed by atoms with van der Waals surface area (Å²) in [4.78, 5) is 11.5. The highest BCUT2D eigenvalue weighted by atomic mass is 19.1. The maximum Gasteiger partial charge on any atom is 0.189 e. The van der Waals surface area contributed by atoms with Crippen LogP contribution in [0, 0.1) is 11.6 Å². The number of pyridine rings is 1. The first-order valence-electron chi connectivity index (χ1n) is 5.17. The summed E-state index contributed by atoms with van der Waals surface area (Å²) in [5.41, 5.74) is -0.123. The fourth-order valence-corrected chi connectivity index (χ4v) is 1.99. The molecule has 0 aliphatic heterocycles. The van der Waals surface area contributed by atoms with Crippen LogP contribution in [0.1, 0.15) is 18.9 Å². The Kier molecular flexibility index (Phi) is 1.87. The van der Waals surface area contributed by atoms with Gasteiger partial charge in [0.25, 0.3) is 0 Å². The first-order chi connectivity index (χ1) is 7.66. The van der Waals surface area contributed by atoms with E-state index in [4.69, 9.17) is 0 Å². The first kappa shape index (κ1) is 9.51. The molecule has 1 saturated carbocycles. The van der Waals surface area contributed by atoms with E-state index < -0.39 is 11.6 Å². The largest absolute Gasteiger partial charge is 0.342 e. The first-order valence-corrected chi connectivity index (χ1v) is 5.17. The Morgan fingerprint density at radius 1 is 1.25 bits per heavy atom. The number of hydrogen-bond donors (Lipinski definition) is 0. The highest BCUT2D eigenvalue weighted by molar-refractivity contribution is 5.79. The van der Waals surface area contributed by atoms with E-state index in [1.807, 2.05) is 0 Å². The van der Waals surface area contributed by atoms with E-state index >= 15 is 0 Å². The smallest absolute Gasteiger partial charge is 0.189 e. The number of hydrogen-bond acceptors (Lipinski definition) is 1. The van der Waals surface area contributed by atoms with Crippen LogP contribution in [0.3, 0.4) is 0 Å². The van der Waals surface area contributed by atoms with Crippen molar-refractivity contribution in [2.45, 2.75) is 18.9 Å². The molecule has 0 unspecified atom stereocenters. The minimum atomic E-state index is -0.712. The number of halogens is 2. The molecule has 1 aliphatic carbocycles. The molecule has 82 valence electrons. The van der Waals surface area contributed by atoms with Crippen molar-refractivity contribution in [3.63, 3.8) is 0 Å². The van der Waals surface area contributed by atoms with Gasteiger partial charge in [0, 0.05) is 24.4 Å². The number of aromatic nitrogens is 1. The number of benzene rings is 1. The highest BCUT2D eigenvalue weighted by Gasteiger charge is 2.25. The summed E-state index contributed by atoms with van der Waals surface area (Å²) < 4.78 is 28.4. The maximum absolute atomic E-state index is 13.7. The molecule has 1 heterocycles. The summed E-state index contributed by atoms with van der Waals surface area (Å²) >= 11 is 0. The molecular weight excluding hydrogens is 212 g/mol. The molecule has 1 fully saturated rings. The Labute approximate surface area is 90.1 Å². The number of nitrogens with zero attached hydrogens (tertiary/aromatic N) is 1. The predicted molar refractivity (Wildman–Crippen MR) is 56.4 cm³/mol. The number of rotatable bonds is 1. The molecule has 0 N–H and O–H groups in total. The van der Waals surface area contributed by atoms with Gasteiger partial charge in [-0.05, 0) is 18.9 Å². The Hall–Kier alpha value is -1.71. The summed E-state index contributed by atoms with van der Waals surface area (Å²) in [6.45, 7) is 0. The SMILES string of the molecule is O=c1ccn(C2CC2)c2c(F)cc(F)cc12. The third kappa shape index (κ3) is 1.33. The van der Waals surface area contributed by atoms with Crippen molar-refractivity contribution in [1.29, 1.82) is 0 Å². The van der Waals surface area contributed by atoms with Crippen LogP contribution in [-0.2, 0) is 0 Å². The zero-order chi connectivity index (χ0) is 11.3. The third-order valence-corrected chi connectivity index (χ3v) is 2.88. The molecule has 0 spiro atoms. The second-order valence-electron chi connectivity index (χ2n) is 4.10. The normalized spacial score (nSPS) is 15.6. The van der Waals surface area contributed by atoms with Gasteiger partial charge in [0.2, 0.25) is 0 Å². The third-order valence-electron chi connectivity index (χ3n) is 2.88. The van der Waals surface area contributed by atoms with Gasteiger partial charge in [-0.2, -0.15) is 0 Å². The zero-order valence-electron chi connectivity index (χ0n) is 8.41. The van der Waals surface area contributed by atoms with Crippen LogP contribution in [0.4, 0.5) is 8.78 Å². The van der Waals surface area contributed by atoms with Crippen LogP contribution in [0.25, 0.3) is 10.9 Å². The molecule has 2 nitrogen and oxygen atoms in total. The lowest BCUT2D eigenvalue weighted by atomic mass is 10.2. The lowest BCUT2D eigenvalue weighted by molar-refractivity contribution is 0.583. The van der Waals surface area contributed by atoms with Crippen LogP contribution in [-0.4, -0.2) is 4.57 Å². The van der Waals surface area contributed by atoms with Gasteiger partial charge in [0.1, 0.15) is 5.82 Å².